The van der Waals surface area contributed by atoms with E-state index in [4.69, 9.17) is 0 Å². The fraction of sp³-hybridized carbons (Fsp3) is 0.471. The molecule has 5 heteroatoms. The first-order chi connectivity index (χ1) is 10.7. The predicted molar refractivity (Wildman–Crippen MR) is 84.2 cm³/mol. The minimum atomic E-state index is 0.162. The average Bonchev–Trinajstić information content (AvgIpc) is 3.03. The molecule has 0 saturated carbocycles. The molecule has 0 aliphatic carbocycles. The van der Waals surface area contributed by atoms with Gasteiger partial charge < -0.3 is 4.90 Å². The Kier molecular flexibility index (Phi) is 4.51. The van der Waals surface area contributed by atoms with E-state index in [2.05, 4.69) is 22.2 Å². The van der Waals surface area contributed by atoms with E-state index in [1.54, 1.807) is 10.9 Å². The average molecular weight is 298 g/mol. The zero-order chi connectivity index (χ0) is 15.4. The van der Waals surface area contributed by atoms with Gasteiger partial charge in [0.05, 0.1) is 0 Å². The van der Waals surface area contributed by atoms with Crippen molar-refractivity contribution >= 4 is 5.91 Å². The molecule has 5 nitrogen and oxygen atoms in total. The first kappa shape index (κ1) is 14.8. The van der Waals surface area contributed by atoms with Crippen LogP contribution in [0.3, 0.4) is 0 Å². The molecule has 116 valence electrons. The number of pyridine rings is 1. The van der Waals surface area contributed by atoms with E-state index >= 15 is 0 Å². The Morgan fingerprint density at radius 3 is 3.05 bits per heavy atom. The fourth-order valence-electron chi connectivity index (χ4n) is 3.04. The lowest BCUT2D eigenvalue weighted by molar-refractivity contribution is -0.133. The summed E-state index contributed by atoms with van der Waals surface area (Å²) in [6, 6.07) is 6.04. The zero-order valence-electron chi connectivity index (χ0n) is 13.0. The van der Waals surface area contributed by atoms with Crippen LogP contribution >= 0.6 is 0 Å². The summed E-state index contributed by atoms with van der Waals surface area (Å²) in [5.74, 6) is 0.690. The summed E-state index contributed by atoms with van der Waals surface area (Å²) in [4.78, 5) is 18.7. The first-order valence-corrected chi connectivity index (χ1v) is 7.87. The van der Waals surface area contributed by atoms with Crippen LogP contribution in [-0.4, -0.2) is 38.7 Å². The summed E-state index contributed by atoms with van der Waals surface area (Å²) >= 11 is 0. The van der Waals surface area contributed by atoms with Crippen LogP contribution in [-0.2, 0) is 17.8 Å². The van der Waals surface area contributed by atoms with Crippen molar-refractivity contribution in [2.75, 3.05) is 13.1 Å². The Bertz CT molecular complexity index is 606. The number of rotatable bonds is 4. The number of hydrogen-bond acceptors (Lipinski definition) is 3. The number of piperidine rings is 1. The number of amides is 1. The van der Waals surface area contributed by atoms with Crippen molar-refractivity contribution in [1.29, 1.82) is 0 Å². The molecule has 22 heavy (non-hydrogen) atoms. The topological polar surface area (TPSA) is 51.0 Å². The standard InChI is InChI=1S/C17H22N4O/c1-14-5-6-15(11-18-14)10-16-4-2-8-20(12-16)17(22)13-21-9-3-7-19-21/h3,5-7,9,11,16H,2,4,8,10,12-13H2,1H3. The van der Waals surface area contributed by atoms with Gasteiger partial charge in [0.1, 0.15) is 6.54 Å². The summed E-state index contributed by atoms with van der Waals surface area (Å²) in [5, 5.41) is 4.11. The summed E-state index contributed by atoms with van der Waals surface area (Å²) < 4.78 is 1.69. The molecule has 0 bridgehead atoms. The number of nitrogens with zero attached hydrogens (tertiary/aromatic N) is 4. The maximum absolute atomic E-state index is 12.4. The molecule has 3 heterocycles. The van der Waals surface area contributed by atoms with Crippen LogP contribution < -0.4 is 0 Å². The third-order valence-electron chi connectivity index (χ3n) is 4.23. The number of carbonyl (C=O) groups excluding carboxylic acids is 1. The van der Waals surface area contributed by atoms with Crippen molar-refractivity contribution in [2.45, 2.75) is 32.7 Å². The Balaban J connectivity index is 1.56. The second kappa shape index (κ2) is 6.73. The van der Waals surface area contributed by atoms with Gasteiger partial charge in [-0.2, -0.15) is 5.10 Å². The van der Waals surface area contributed by atoms with Crippen molar-refractivity contribution in [1.82, 2.24) is 19.7 Å². The molecular formula is C17H22N4O. The second-order valence-corrected chi connectivity index (χ2v) is 6.06. The smallest absolute Gasteiger partial charge is 0.244 e. The van der Waals surface area contributed by atoms with Crippen LogP contribution in [0.5, 0.6) is 0 Å². The van der Waals surface area contributed by atoms with E-state index in [-0.39, 0.29) is 5.91 Å². The van der Waals surface area contributed by atoms with Gasteiger partial charge in [0.2, 0.25) is 5.91 Å². The second-order valence-electron chi connectivity index (χ2n) is 6.06. The van der Waals surface area contributed by atoms with Crippen molar-refractivity contribution in [3.8, 4) is 0 Å². The monoisotopic (exact) mass is 298 g/mol. The highest BCUT2D eigenvalue weighted by atomic mass is 16.2. The van der Waals surface area contributed by atoms with Crippen LogP contribution in [0, 0.1) is 12.8 Å². The van der Waals surface area contributed by atoms with E-state index < -0.39 is 0 Å². The quantitative estimate of drug-likeness (QED) is 0.868. The highest BCUT2D eigenvalue weighted by Crippen LogP contribution is 2.21. The van der Waals surface area contributed by atoms with Gasteiger partial charge >= 0.3 is 0 Å². The molecule has 0 N–H and O–H groups in total. The number of aryl methyl sites for hydroxylation is 1. The van der Waals surface area contributed by atoms with E-state index in [1.807, 2.05) is 30.3 Å². The lowest BCUT2D eigenvalue weighted by Crippen LogP contribution is -2.42. The van der Waals surface area contributed by atoms with Crippen LogP contribution in [0.4, 0.5) is 0 Å². The molecule has 0 radical (unpaired) electrons. The summed E-state index contributed by atoms with van der Waals surface area (Å²) in [6.07, 6.45) is 8.75. The molecule has 0 spiro atoms. The lowest BCUT2D eigenvalue weighted by atomic mass is 9.92. The number of hydrogen-bond donors (Lipinski definition) is 0. The van der Waals surface area contributed by atoms with Gasteiger partial charge in [-0.25, -0.2) is 0 Å². The zero-order valence-corrected chi connectivity index (χ0v) is 13.0. The lowest BCUT2D eigenvalue weighted by Gasteiger charge is -2.33. The molecule has 1 saturated heterocycles. The molecule has 2 aromatic heterocycles. The molecule has 1 amide bonds. The van der Waals surface area contributed by atoms with Gasteiger partial charge in [0.25, 0.3) is 0 Å². The molecule has 1 unspecified atom stereocenters. The van der Waals surface area contributed by atoms with Crippen molar-refractivity contribution in [3.63, 3.8) is 0 Å². The van der Waals surface area contributed by atoms with Crippen molar-refractivity contribution < 1.29 is 4.79 Å². The molecule has 0 aromatic carbocycles. The Morgan fingerprint density at radius 1 is 1.41 bits per heavy atom. The molecule has 2 aromatic rings. The number of carbonyl (C=O) groups is 1. The SMILES string of the molecule is Cc1ccc(CC2CCCN(C(=O)Cn3cccn3)C2)cn1. The number of aromatic nitrogens is 3. The van der Waals surface area contributed by atoms with E-state index in [0.717, 1.165) is 31.6 Å². The molecule has 1 fully saturated rings. The molecule has 1 aliphatic rings. The van der Waals surface area contributed by atoms with E-state index in [9.17, 15) is 4.79 Å². The van der Waals surface area contributed by atoms with E-state index in [0.29, 0.717) is 12.5 Å². The van der Waals surface area contributed by atoms with Gasteiger partial charge in [0.15, 0.2) is 0 Å². The van der Waals surface area contributed by atoms with Gasteiger partial charge in [-0.1, -0.05) is 6.07 Å². The van der Waals surface area contributed by atoms with Crippen molar-refractivity contribution in [2.24, 2.45) is 5.92 Å². The highest BCUT2D eigenvalue weighted by Gasteiger charge is 2.24. The van der Waals surface area contributed by atoms with Gasteiger partial charge in [0, 0.05) is 37.4 Å². The van der Waals surface area contributed by atoms with Crippen LogP contribution in [0.25, 0.3) is 0 Å². The summed E-state index contributed by atoms with van der Waals surface area (Å²) in [5.41, 5.74) is 2.31. The van der Waals surface area contributed by atoms with Gasteiger partial charge in [-0.15, -0.1) is 0 Å². The first-order valence-electron chi connectivity index (χ1n) is 7.87. The maximum atomic E-state index is 12.4. The summed E-state index contributed by atoms with van der Waals surface area (Å²) in [6.45, 7) is 4.04. The van der Waals surface area contributed by atoms with Crippen LogP contribution in [0.1, 0.15) is 24.1 Å². The summed E-state index contributed by atoms with van der Waals surface area (Å²) in [7, 11) is 0. The maximum Gasteiger partial charge on any atom is 0.244 e. The van der Waals surface area contributed by atoms with Gasteiger partial charge in [-0.05, 0) is 49.8 Å². The molecule has 3 rings (SSSR count). The minimum Gasteiger partial charge on any atom is -0.341 e. The van der Waals surface area contributed by atoms with Crippen molar-refractivity contribution in [3.05, 3.63) is 48.0 Å². The number of likely N-dealkylation sites (tertiary alicyclic amines) is 1. The third-order valence-corrected chi connectivity index (χ3v) is 4.23. The third kappa shape index (κ3) is 3.72. The Labute approximate surface area is 131 Å². The molecule has 1 aliphatic heterocycles. The van der Waals surface area contributed by atoms with Gasteiger partial charge in [-0.3, -0.25) is 14.5 Å². The molecular weight excluding hydrogens is 276 g/mol. The largest absolute Gasteiger partial charge is 0.341 e. The van der Waals surface area contributed by atoms with E-state index in [1.165, 1.54) is 12.0 Å². The fourth-order valence-corrected chi connectivity index (χ4v) is 3.04. The molecule has 1 atom stereocenters. The minimum absolute atomic E-state index is 0.162. The normalized spacial score (nSPS) is 18.4. The van der Waals surface area contributed by atoms with Crippen LogP contribution in [0.15, 0.2) is 36.8 Å². The Hall–Kier alpha value is -2.17. The highest BCUT2D eigenvalue weighted by molar-refractivity contribution is 5.76. The predicted octanol–water partition coefficient (Wildman–Crippen LogP) is 2.07. The Morgan fingerprint density at radius 2 is 2.32 bits per heavy atom. The van der Waals surface area contributed by atoms with Crippen LogP contribution in [0.2, 0.25) is 0 Å².